The lowest BCUT2D eigenvalue weighted by atomic mass is 10.2. The van der Waals surface area contributed by atoms with E-state index < -0.39 is 0 Å². The van der Waals surface area contributed by atoms with Crippen LogP contribution in [0.25, 0.3) is 10.2 Å². The molecule has 0 radical (unpaired) electrons. The highest BCUT2D eigenvalue weighted by molar-refractivity contribution is 7.18. The van der Waals surface area contributed by atoms with E-state index in [1.165, 1.54) is 23.5 Å². The number of benzene rings is 1. The number of fused-ring (bicyclic) bond motifs is 1. The van der Waals surface area contributed by atoms with Crippen LogP contribution in [-0.2, 0) is 0 Å². The van der Waals surface area contributed by atoms with Crippen molar-refractivity contribution >= 4 is 21.6 Å². The molecule has 1 atom stereocenters. The molecular formula is C10H11FN2OS. The van der Waals surface area contributed by atoms with Crippen molar-refractivity contribution in [3.8, 4) is 0 Å². The van der Waals surface area contributed by atoms with Crippen LogP contribution < -0.4 is 5.73 Å². The largest absolute Gasteiger partial charge is 0.396 e. The van der Waals surface area contributed by atoms with Gasteiger partial charge < -0.3 is 10.8 Å². The number of aliphatic hydroxyl groups excluding tert-OH is 1. The van der Waals surface area contributed by atoms with Gasteiger partial charge in [0.1, 0.15) is 10.8 Å². The minimum absolute atomic E-state index is 0.0332. The van der Waals surface area contributed by atoms with E-state index in [1.54, 1.807) is 6.07 Å². The minimum Gasteiger partial charge on any atom is -0.396 e. The van der Waals surface area contributed by atoms with Crippen LogP contribution in [0.3, 0.4) is 0 Å². The van der Waals surface area contributed by atoms with Gasteiger partial charge >= 0.3 is 0 Å². The fourth-order valence-corrected chi connectivity index (χ4v) is 2.32. The summed E-state index contributed by atoms with van der Waals surface area (Å²) in [5.41, 5.74) is 6.43. The molecule has 0 saturated carbocycles. The van der Waals surface area contributed by atoms with Crippen molar-refractivity contribution in [2.24, 2.45) is 5.73 Å². The van der Waals surface area contributed by atoms with Crippen molar-refractivity contribution in [1.82, 2.24) is 4.98 Å². The topological polar surface area (TPSA) is 59.1 Å². The van der Waals surface area contributed by atoms with E-state index in [-0.39, 0.29) is 18.5 Å². The summed E-state index contributed by atoms with van der Waals surface area (Å²) in [6.45, 7) is 0.0332. The maximum absolute atomic E-state index is 12.9. The molecule has 1 aromatic carbocycles. The van der Waals surface area contributed by atoms with E-state index in [9.17, 15) is 4.39 Å². The van der Waals surface area contributed by atoms with Gasteiger partial charge in [-0.05, 0) is 18.6 Å². The van der Waals surface area contributed by atoms with Crippen molar-refractivity contribution in [3.05, 3.63) is 29.0 Å². The molecule has 0 saturated heterocycles. The third-order valence-electron chi connectivity index (χ3n) is 2.12. The van der Waals surface area contributed by atoms with Crippen LogP contribution in [0.4, 0.5) is 4.39 Å². The highest BCUT2D eigenvalue weighted by Gasteiger charge is 2.11. The Morgan fingerprint density at radius 3 is 3.07 bits per heavy atom. The smallest absolute Gasteiger partial charge is 0.125 e. The summed E-state index contributed by atoms with van der Waals surface area (Å²) in [6.07, 6.45) is 0.475. The van der Waals surface area contributed by atoms with E-state index in [0.29, 0.717) is 11.9 Å². The van der Waals surface area contributed by atoms with Gasteiger partial charge in [0.05, 0.1) is 16.3 Å². The molecule has 5 heteroatoms. The molecule has 0 aliphatic carbocycles. The fourth-order valence-electron chi connectivity index (χ4n) is 1.34. The van der Waals surface area contributed by atoms with Gasteiger partial charge in [-0.25, -0.2) is 9.37 Å². The molecule has 0 aliphatic rings. The molecular weight excluding hydrogens is 215 g/mol. The van der Waals surface area contributed by atoms with Crippen LogP contribution in [0.1, 0.15) is 17.5 Å². The molecule has 0 spiro atoms. The predicted octanol–water partition coefficient (Wildman–Crippen LogP) is 1.82. The number of nitrogens with zero attached hydrogens (tertiary/aromatic N) is 1. The number of aliphatic hydroxyl groups is 1. The Kier molecular flexibility index (Phi) is 2.95. The van der Waals surface area contributed by atoms with Gasteiger partial charge in [-0.15, -0.1) is 11.3 Å². The third kappa shape index (κ3) is 2.14. The monoisotopic (exact) mass is 226 g/mol. The molecule has 0 fully saturated rings. The SMILES string of the molecule is NC(CCO)c1nc2cc(F)ccc2s1. The number of aromatic nitrogens is 1. The Morgan fingerprint density at radius 2 is 2.33 bits per heavy atom. The van der Waals surface area contributed by atoms with E-state index in [2.05, 4.69) is 4.98 Å². The molecule has 3 nitrogen and oxygen atoms in total. The first-order valence-electron chi connectivity index (χ1n) is 4.63. The van der Waals surface area contributed by atoms with Crippen molar-refractivity contribution in [1.29, 1.82) is 0 Å². The van der Waals surface area contributed by atoms with Crippen molar-refractivity contribution in [3.63, 3.8) is 0 Å². The molecule has 1 aromatic heterocycles. The van der Waals surface area contributed by atoms with Gasteiger partial charge in [-0.1, -0.05) is 0 Å². The first-order valence-corrected chi connectivity index (χ1v) is 5.45. The second-order valence-electron chi connectivity index (χ2n) is 3.28. The normalized spacial score (nSPS) is 13.3. The molecule has 0 bridgehead atoms. The molecule has 2 aromatic rings. The maximum Gasteiger partial charge on any atom is 0.125 e. The summed E-state index contributed by atoms with van der Waals surface area (Å²) in [7, 11) is 0. The Bertz CT molecular complexity index is 471. The lowest BCUT2D eigenvalue weighted by molar-refractivity contribution is 0.276. The molecule has 1 heterocycles. The van der Waals surface area contributed by atoms with Crippen LogP contribution in [-0.4, -0.2) is 16.7 Å². The number of hydrogen-bond donors (Lipinski definition) is 2. The average molecular weight is 226 g/mol. The van der Waals surface area contributed by atoms with Crippen LogP contribution >= 0.6 is 11.3 Å². The van der Waals surface area contributed by atoms with Crippen molar-refractivity contribution in [2.75, 3.05) is 6.61 Å². The molecule has 0 aliphatic heterocycles. The minimum atomic E-state index is -0.296. The van der Waals surface area contributed by atoms with E-state index in [4.69, 9.17) is 10.8 Å². The van der Waals surface area contributed by atoms with Crippen LogP contribution in [0.15, 0.2) is 18.2 Å². The summed E-state index contributed by atoms with van der Waals surface area (Å²) < 4.78 is 13.8. The number of halogens is 1. The molecule has 15 heavy (non-hydrogen) atoms. The summed E-state index contributed by atoms with van der Waals surface area (Å²) in [5.74, 6) is -0.296. The predicted molar refractivity (Wildman–Crippen MR) is 58.2 cm³/mol. The third-order valence-corrected chi connectivity index (χ3v) is 3.29. The first-order chi connectivity index (χ1) is 7.20. The Morgan fingerprint density at radius 1 is 1.53 bits per heavy atom. The Hall–Kier alpha value is -1.04. The van der Waals surface area contributed by atoms with E-state index in [1.807, 2.05) is 0 Å². The molecule has 1 unspecified atom stereocenters. The summed E-state index contributed by atoms with van der Waals surface area (Å²) in [5, 5.41) is 9.49. The average Bonchev–Trinajstić information content (AvgIpc) is 2.60. The van der Waals surface area contributed by atoms with Gasteiger partial charge in [-0.3, -0.25) is 0 Å². The second-order valence-corrected chi connectivity index (χ2v) is 4.35. The number of nitrogens with two attached hydrogens (primary N) is 1. The Labute approximate surface area is 90.4 Å². The fraction of sp³-hybridized carbons (Fsp3) is 0.300. The number of hydrogen-bond acceptors (Lipinski definition) is 4. The van der Waals surface area contributed by atoms with Gasteiger partial charge in [0.25, 0.3) is 0 Å². The van der Waals surface area contributed by atoms with Crippen LogP contribution in [0.5, 0.6) is 0 Å². The molecule has 0 amide bonds. The van der Waals surface area contributed by atoms with Gasteiger partial charge in [-0.2, -0.15) is 0 Å². The van der Waals surface area contributed by atoms with Crippen LogP contribution in [0, 0.1) is 5.82 Å². The summed E-state index contributed by atoms with van der Waals surface area (Å²) in [4.78, 5) is 4.23. The zero-order valence-electron chi connectivity index (χ0n) is 7.98. The second kappa shape index (κ2) is 4.22. The summed E-state index contributed by atoms with van der Waals surface area (Å²) >= 11 is 1.44. The highest BCUT2D eigenvalue weighted by atomic mass is 32.1. The number of rotatable bonds is 3. The van der Waals surface area contributed by atoms with Gasteiger partial charge in [0.15, 0.2) is 0 Å². The Balaban J connectivity index is 2.38. The summed E-state index contributed by atoms with van der Waals surface area (Å²) in [6, 6.07) is 4.22. The first kappa shape index (κ1) is 10.5. The van der Waals surface area contributed by atoms with Crippen molar-refractivity contribution in [2.45, 2.75) is 12.5 Å². The number of thiazole rings is 1. The highest BCUT2D eigenvalue weighted by Crippen LogP contribution is 2.27. The van der Waals surface area contributed by atoms with Crippen LogP contribution in [0.2, 0.25) is 0 Å². The van der Waals surface area contributed by atoms with E-state index >= 15 is 0 Å². The zero-order valence-corrected chi connectivity index (χ0v) is 8.80. The maximum atomic E-state index is 12.9. The van der Waals surface area contributed by atoms with Gasteiger partial charge in [0, 0.05) is 12.7 Å². The molecule has 3 N–H and O–H groups in total. The van der Waals surface area contributed by atoms with Gasteiger partial charge in [0.2, 0.25) is 0 Å². The molecule has 2 rings (SSSR count). The quantitative estimate of drug-likeness (QED) is 0.839. The van der Waals surface area contributed by atoms with E-state index in [0.717, 1.165) is 9.71 Å². The standard InChI is InChI=1S/C10H11FN2OS/c11-6-1-2-9-8(5-6)13-10(15-9)7(12)3-4-14/h1-2,5,7,14H,3-4,12H2. The lowest BCUT2D eigenvalue weighted by Crippen LogP contribution is -2.11. The van der Waals surface area contributed by atoms with Crippen molar-refractivity contribution < 1.29 is 9.50 Å². The zero-order chi connectivity index (χ0) is 10.8. The molecule has 80 valence electrons. The lowest BCUT2D eigenvalue weighted by Gasteiger charge is -2.03.